The van der Waals surface area contributed by atoms with Gasteiger partial charge in [0, 0.05) is 48.9 Å². The average Bonchev–Trinajstić information content (AvgIpc) is 3.32. The molecule has 174 valence electrons. The van der Waals surface area contributed by atoms with Gasteiger partial charge in [-0.1, -0.05) is 12.1 Å². The molecule has 4 aromatic rings. The van der Waals surface area contributed by atoms with Crippen LogP contribution >= 0.6 is 0 Å². The average molecular weight is 458 g/mol. The number of aromatic nitrogens is 3. The molecule has 8 heteroatoms. The number of nitrogens with zero attached hydrogens (tertiary/aromatic N) is 4. The molecule has 3 aromatic heterocycles. The van der Waals surface area contributed by atoms with E-state index in [1.165, 1.54) is 10.6 Å². The fourth-order valence-electron chi connectivity index (χ4n) is 4.00. The molecule has 0 spiro atoms. The molecule has 5 rings (SSSR count). The molecule has 1 fully saturated rings. The second-order valence-electron chi connectivity index (χ2n) is 8.56. The summed E-state index contributed by atoms with van der Waals surface area (Å²) in [6.07, 6.45) is 7.28. The van der Waals surface area contributed by atoms with Crippen molar-refractivity contribution in [2.45, 2.75) is 25.9 Å². The molecular weight excluding hydrogens is 430 g/mol. The van der Waals surface area contributed by atoms with Gasteiger partial charge in [0.05, 0.1) is 6.20 Å². The first kappa shape index (κ1) is 21.9. The van der Waals surface area contributed by atoms with Crippen molar-refractivity contribution in [2.24, 2.45) is 0 Å². The van der Waals surface area contributed by atoms with E-state index < -0.39 is 0 Å². The van der Waals surface area contributed by atoms with E-state index in [-0.39, 0.29) is 11.7 Å². The predicted molar refractivity (Wildman–Crippen MR) is 131 cm³/mol. The number of anilines is 2. The number of ether oxygens (including phenoxy) is 1. The summed E-state index contributed by atoms with van der Waals surface area (Å²) in [4.78, 5) is 23.2. The maximum Gasteiger partial charge on any atom is 0.299 e. The summed E-state index contributed by atoms with van der Waals surface area (Å²) in [6.45, 7) is 4.13. The quantitative estimate of drug-likeness (QED) is 0.459. The van der Waals surface area contributed by atoms with Crippen molar-refractivity contribution in [1.29, 1.82) is 0 Å². The van der Waals surface area contributed by atoms with Crippen LogP contribution in [-0.2, 0) is 0 Å². The number of hydrogen-bond donors (Lipinski definition) is 1. The van der Waals surface area contributed by atoms with E-state index in [2.05, 4.69) is 27.2 Å². The van der Waals surface area contributed by atoms with Gasteiger partial charge in [0.2, 0.25) is 0 Å². The minimum Gasteiger partial charge on any atom is -0.490 e. The van der Waals surface area contributed by atoms with Crippen molar-refractivity contribution in [1.82, 2.24) is 19.4 Å². The van der Waals surface area contributed by atoms with Crippen LogP contribution in [0, 0.1) is 6.92 Å². The van der Waals surface area contributed by atoms with E-state index in [9.17, 15) is 4.79 Å². The van der Waals surface area contributed by atoms with E-state index >= 15 is 0 Å². The Labute approximate surface area is 197 Å². The number of hydrogen-bond acceptors (Lipinski definition) is 7. The van der Waals surface area contributed by atoms with Crippen LogP contribution in [0.5, 0.6) is 5.75 Å². The van der Waals surface area contributed by atoms with Crippen molar-refractivity contribution < 1.29 is 9.15 Å². The topological polar surface area (TPSA) is 85.4 Å². The molecule has 0 aliphatic carbocycles. The Bertz CT molecular complexity index is 1340. The first-order chi connectivity index (χ1) is 16.5. The van der Waals surface area contributed by atoms with Crippen LogP contribution in [0.4, 0.5) is 11.7 Å². The number of likely N-dealkylation sites (tertiary alicyclic amines) is 1. The molecule has 0 atom stereocenters. The number of nitrogens with one attached hydrogen (secondary N) is 1. The predicted octanol–water partition coefficient (Wildman–Crippen LogP) is 4.41. The lowest BCUT2D eigenvalue weighted by Crippen LogP contribution is -2.35. The van der Waals surface area contributed by atoms with Crippen LogP contribution < -0.4 is 15.6 Å². The molecule has 1 aliphatic heterocycles. The number of pyridine rings is 2. The number of rotatable bonds is 6. The molecule has 0 bridgehead atoms. The molecule has 1 saturated heterocycles. The highest BCUT2D eigenvalue weighted by Crippen LogP contribution is 2.29. The van der Waals surface area contributed by atoms with Crippen molar-refractivity contribution in [3.63, 3.8) is 0 Å². The van der Waals surface area contributed by atoms with Gasteiger partial charge in [-0.05, 0) is 56.6 Å². The van der Waals surface area contributed by atoms with E-state index in [1.807, 2.05) is 31.2 Å². The number of aryl methyl sites for hydroxylation is 1. The van der Waals surface area contributed by atoms with Crippen molar-refractivity contribution >= 4 is 11.7 Å². The van der Waals surface area contributed by atoms with Gasteiger partial charge in [-0.3, -0.25) is 9.36 Å². The van der Waals surface area contributed by atoms with Gasteiger partial charge in [-0.25, -0.2) is 9.97 Å². The van der Waals surface area contributed by atoms with Crippen molar-refractivity contribution in [2.75, 3.05) is 25.5 Å². The molecule has 0 radical (unpaired) electrons. The first-order valence-electron chi connectivity index (χ1n) is 11.4. The Morgan fingerprint density at radius 2 is 1.94 bits per heavy atom. The third-order valence-corrected chi connectivity index (χ3v) is 6.02. The molecule has 1 aromatic carbocycles. The fourth-order valence-corrected chi connectivity index (χ4v) is 4.00. The molecule has 0 saturated carbocycles. The molecule has 0 amide bonds. The van der Waals surface area contributed by atoms with Gasteiger partial charge in [0.1, 0.15) is 17.7 Å². The monoisotopic (exact) mass is 457 g/mol. The Kier molecular flexibility index (Phi) is 6.14. The lowest BCUT2D eigenvalue weighted by Gasteiger charge is -2.29. The second kappa shape index (κ2) is 9.52. The van der Waals surface area contributed by atoms with Crippen LogP contribution in [0.2, 0.25) is 0 Å². The minimum absolute atomic E-state index is 0.148. The van der Waals surface area contributed by atoms with Gasteiger partial charge in [0.25, 0.3) is 11.6 Å². The van der Waals surface area contributed by atoms with Gasteiger partial charge in [-0.2, -0.15) is 0 Å². The molecule has 8 nitrogen and oxygen atoms in total. The lowest BCUT2D eigenvalue weighted by atomic mass is 10.1. The zero-order chi connectivity index (χ0) is 23.5. The van der Waals surface area contributed by atoms with Crippen LogP contribution in [-0.4, -0.2) is 45.7 Å². The Morgan fingerprint density at radius 3 is 2.76 bits per heavy atom. The summed E-state index contributed by atoms with van der Waals surface area (Å²) in [5.74, 6) is 1.93. The molecule has 1 N–H and O–H groups in total. The standard InChI is InChI=1S/C26H27N5O3/c1-18-6-7-21(33-20-9-13-30(2)14-10-20)16-22(18)29-26-28-17-23(34-26)19-8-11-27-24(15-19)31-12-4-3-5-25(31)32/h3-8,11-12,15-17,20H,9-10,13-14H2,1-2H3,(H,28,29). The molecule has 0 unspecified atom stereocenters. The zero-order valence-electron chi connectivity index (χ0n) is 19.3. The van der Waals surface area contributed by atoms with Gasteiger partial charge in [-0.15, -0.1) is 0 Å². The van der Waals surface area contributed by atoms with Gasteiger partial charge in [0.15, 0.2) is 5.76 Å². The smallest absolute Gasteiger partial charge is 0.299 e. The number of piperidine rings is 1. The molecular formula is C26H27N5O3. The highest BCUT2D eigenvalue weighted by Gasteiger charge is 2.18. The summed E-state index contributed by atoms with van der Waals surface area (Å²) in [7, 11) is 2.14. The van der Waals surface area contributed by atoms with Crippen LogP contribution in [0.1, 0.15) is 18.4 Å². The largest absolute Gasteiger partial charge is 0.490 e. The number of oxazole rings is 1. The summed E-state index contributed by atoms with van der Waals surface area (Å²) >= 11 is 0. The zero-order valence-corrected chi connectivity index (χ0v) is 19.3. The third-order valence-electron chi connectivity index (χ3n) is 6.02. The third kappa shape index (κ3) is 4.87. The van der Waals surface area contributed by atoms with Gasteiger partial charge >= 0.3 is 0 Å². The Morgan fingerprint density at radius 1 is 1.09 bits per heavy atom. The maximum atomic E-state index is 12.1. The van der Waals surface area contributed by atoms with E-state index in [1.54, 1.807) is 36.8 Å². The normalized spacial score (nSPS) is 14.8. The summed E-state index contributed by atoms with van der Waals surface area (Å²) in [6, 6.07) is 15.0. The van der Waals surface area contributed by atoms with Crippen LogP contribution in [0.25, 0.3) is 17.1 Å². The highest BCUT2D eigenvalue weighted by molar-refractivity contribution is 5.63. The molecule has 34 heavy (non-hydrogen) atoms. The second-order valence-corrected chi connectivity index (χ2v) is 8.56. The fraction of sp³-hybridized carbons (Fsp3) is 0.269. The lowest BCUT2D eigenvalue weighted by molar-refractivity contribution is 0.114. The maximum absolute atomic E-state index is 12.1. The van der Waals surface area contributed by atoms with Crippen molar-refractivity contribution in [3.05, 3.63) is 83.0 Å². The van der Waals surface area contributed by atoms with Crippen LogP contribution in [0.3, 0.4) is 0 Å². The molecule has 4 heterocycles. The van der Waals surface area contributed by atoms with Gasteiger partial charge < -0.3 is 19.4 Å². The Balaban J connectivity index is 1.33. The number of benzene rings is 1. The molecule has 1 aliphatic rings. The Hall–Kier alpha value is -3.91. The SMILES string of the molecule is Cc1ccc(OC2CCN(C)CC2)cc1Nc1ncc(-c2ccnc(-n3ccccc3=O)c2)o1. The summed E-state index contributed by atoms with van der Waals surface area (Å²) in [5, 5.41) is 3.27. The summed E-state index contributed by atoms with van der Waals surface area (Å²) in [5.41, 5.74) is 2.57. The van der Waals surface area contributed by atoms with Crippen LogP contribution in [0.15, 0.2) is 76.3 Å². The highest BCUT2D eigenvalue weighted by atomic mass is 16.5. The summed E-state index contributed by atoms with van der Waals surface area (Å²) < 4.78 is 13.7. The minimum atomic E-state index is -0.148. The first-order valence-corrected chi connectivity index (χ1v) is 11.4. The van der Waals surface area contributed by atoms with E-state index in [0.29, 0.717) is 17.6 Å². The van der Waals surface area contributed by atoms with E-state index in [0.717, 1.165) is 48.5 Å². The van der Waals surface area contributed by atoms with E-state index in [4.69, 9.17) is 9.15 Å². The van der Waals surface area contributed by atoms with Crippen molar-refractivity contribution in [3.8, 4) is 22.9 Å².